The predicted octanol–water partition coefficient (Wildman–Crippen LogP) is 2.23. The predicted molar refractivity (Wildman–Crippen MR) is 63.9 cm³/mol. The minimum atomic E-state index is -0.292. The number of carbonyl (C=O) groups excluding carboxylic acids is 1. The summed E-state index contributed by atoms with van der Waals surface area (Å²) in [6.07, 6.45) is 2.39. The second-order valence-electron chi connectivity index (χ2n) is 3.00. The first-order chi connectivity index (χ1) is 7.72. The van der Waals surface area contributed by atoms with Gasteiger partial charge in [-0.05, 0) is 30.7 Å². The summed E-state index contributed by atoms with van der Waals surface area (Å²) in [6.45, 7) is 1.86. The second-order valence-corrected chi connectivity index (χ2v) is 3.43. The van der Waals surface area contributed by atoms with Gasteiger partial charge >= 0.3 is 0 Å². The summed E-state index contributed by atoms with van der Waals surface area (Å²) in [5.41, 5.74) is 2.34. The van der Waals surface area contributed by atoms with Crippen LogP contribution in [0.25, 0.3) is 0 Å². The van der Waals surface area contributed by atoms with Crippen molar-refractivity contribution < 1.29 is 9.53 Å². The number of amides is 1. The molecule has 0 atom stereocenters. The lowest BCUT2D eigenvalue weighted by molar-refractivity contribution is -0.123. The number of nitrogens with zero attached hydrogens (tertiary/aromatic N) is 1. The Balaban J connectivity index is 2.31. The molecular formula is C11H13ClN2O2. The summed E-state index contributed by atoms with van der Waals surface area (Å²) in [7, 11) is 0. The Hall–Kier alpha value is -1.55. The fourth-order valence-electron chi connectivity index (χ4n) is 0.921. The molecule has 1 N–H and O–H groups in total. The van der Waals surface area contributed by atoms with Crippen LogP contribution in [-0.4, -0.2) is 18.7 Å². The van der Waals surface area contributed by atoms with Gasteiger partial charge in [-0.25, -0.2) is 5.43 Å². The molecule has 16 heavy (non-hydrogen) atoms. The van der Waals surface area contributed by atoms with Crippen LogP contribution in [0.3, 0.4) is 0 Å². The average Bonchev–Trinajstić information content (AvgIpc) is 2.29. The molecule has 86 valence electrons. The van der Waals surface area contributed by atoms with Gasteiger partial charge in [0, 0.05) is 11.2 Å². The van der Waals surface area contributed by atoms with Crippen molar-refractivity contribution in [1.29, 1.82) is 0 Å². The standard InChI is InChI=1S/C11H13ClN2O2/c1-2-7-13-14-11(15)8-16-10-5-3-9(12)4-6-10/h3-7H,2,8H2,1H3,(H,14,15)/b13-7+. The smallest absolute Gasteiger partial charge is 0.277 e. The molecular weight excluding hydrogens is 228 g/mol. The number of nitrogens with one attached hydrogen (secondary N) is 1. The summed E-state index contributed by atoms with van der Waals surface area (Å²) in [4.78, 5) is 11.2. The molecule has 0 heterocycles. The molecule has 0 saturated heterocycles. The maximum Gasteiger partial charge on any atom is 0.277 e. The fourth-order valence-corrected chi connectivity index (χ4v) is 1.05. The molecule has 0 spiro atoms. The SMILES string of the molecule is CC/C=N/NC(=O)COc1ccc(Cl)cc1. The zero-order chi connectivity index (χ0) is 11.8. The van der Waals surface area contributed by atoms with Crippen molar-refractivity contribution in [1.82, 2.24) is 5.43 Å². The van der Waals surface area contributed by atoms with E-state index in [0.717, 1.165) is 6.42 Å². The maximum atomic E-state index is 11.2. The fraction of sp³-hybridized carbons (Fsp3) is 0.273. The number of hydrogen-bond donors (Lipinski definition) is 1. The quantitative estimate of drug-likeness (QED) is 0.634. The topological polar surface area (TPSA) is 50.7 Å². The molecule has 0 aliphatic carbocycles. The van der Waals surface area contributed by atoms with Crippen LogP contribution < -0.4 is 10.2 Å². The summed E-state index contributed by atoms with van der Waals surface area (Å²) in [5.74, 6) is 0.304. The minimum absolute atomic E-state index is 0.0668. The third kappa shape index (κ3) is 4.79. The first-order valence-electron chi connectivity index (χ1n) is 4.91. The van der Waals surface area contributed by atoms with Crippen molar-refractivity contribution in [2.75, 3.05) is 6.61 Å². The van der Waals surface area contributed by atoms with Gasteiger partial charge in [-0.1, -0.05) is 18.5 Å². The number of carbonyl (C=O) groups is 1. The highest BCUT2D eigenvalue weighted by molar-refractivity contribution is 6.30. The summed E-state index contributed by atoms with van der Waals surface area (Å²) < 4.78 is 5.21. The van der Waals surface area contributed by atoms with Crippen LogP contribution in [0.2, 0.25) is 5.02 Å². The zero-order valence-corrected chi connectivity index (χ0v) is 9.70. The van der Waals surface area contributed by atoms with Gasteiger partial charge in [0.05, 0.1) is 0 Å². The molecule has 5 heteroatoms. The Bertz CT molecular complexity index is 363. The first kappa shape index (κ1) is 12.5. The molecule has 0 aliphatic rings. The third-order valence-electron chi connectivity index (χ3n) is 1.65. The largest absolute Gasteiger partial charge is 0.484 e. The molecule has 0 aromatic heterocycles. The van der Waals surface area contributed by atoms with Gasteiger partial charge in [-0.2, -0.15) is 5.10 Å². The molecule has 1 rings (SSSR count). The molecule has 1 aromatic rings. The highest BCUT2D eigenvalue weighted by Gasteiger charge is 2.00. The van der Waals surface area contributed by atoms with Crippen molar-refractivity contribution in [3.8, 4) is 5.75 Å². The van der Waals surface area contributed by atoms with E-state index < -0.39 is 0 Å². The Morgan fingerprint density at radius 2 is 2.19 bits per heavy atom. The van der Waals surface area contributed by atoms with Crippen LogP contribution in [-0.2, 0) is 4.79 Å². The monoisotopic (exact) mass is 240 g/mol. The number of benzene rings is 1. The Morgan fingerprint density at radius 3 is 2.81 bits per heavy atom. The lowest BCUT2D eigenvalue weighted by Gasteiger charge is -2.04. The van der Waals surface area contributed by atoms with E-state index >= 15 is 0 Å². The van der Waals surface area contributed by atoms with E-state index in [-0.39, 0.29) is 12.5 Å². The van der Waals surface area contributed by atoms with E-state index in [2.05, 4.69) is 10.5 Å². The molecule has 4 nitrogen and oxygen atoms in total. The van der Waals surface area contributed by atoms with Crippen LogP contribution in [0.15, 0.2) is 29.4 Å². The molecule has 0 aliphatic heterocycles. The molecule has 0 fully saturated rings. The van der Waals surface area contributed by atoms with Crippen LogP contribution in [0.4, 0.5) is 0 Å². The van der Waals surface area contributed by atoms with Crippen molar-refractivity contribution in [2.24, 2.45) is 5.10 Å². The second kappa shape index (κ2) is 6.85. The third-order valence-corrected chi connectivity index (χ3v) is 1.90. The summed E-state index contributed by atoms with van der Waals surface area (Å²) in [5, 5.41) is 4.32. The van der Waals surface area contributed by atoms with Crippen LogP contribution >= 0.6 is 11.6 Å². The van der Waals surface area contributed by atoms with Crippen molar-refractivity contribution in [3.63, 3.8) is 0 Å². The number of hydrogen-bond acceptors (Lipinski definition) is 3. The molecule has 1 aromatic carbocycles. The summed E-state index contributed by atoms with van der Waals surface area (Å²) >= 11 is 5.70. The summed E-state index contributed by atoms with van der Waals surface area (Å²) in [6, 6.07) is 6.80. The van der Waals surface area contributed by atoms with Crippen LogP contribution in [0.1, 0.15) is 13.3 Å². The highest BCUT2D eigenvalue weighted by Crippen LogP contribution is 2.15. The van der Waals surface area contributed by atoms with E-state index in [9.17, 15) is 4.79 Å². The van der Waals surface area contributed by atoms with Crippen molar-refractivity contribution in [2.45, 2.75) is 13.3 Å². The van der Waals surface area contributed by atoms with Gasteiger partial charge < -0.3 is 4.74 Å². The lowest BCUT2D eigenvalue weighted by Crippen LogP contribution is -2.24. The minimum Gasteiger partial charge on any atom is -0.484 e. The molecule has 0 bridgehead atoms. The van der Waals surface area contributed by atoms with Gasteiger partial charge in [-0.3, -0.25) is 4.79 Å². The average molecular weight is 241 g/mol. The van der Waals surface area contributed by atoms with Gasteiger partial charge in [0.25, 0.3) is 5.91 Å². The zero-order valence-electron chi connectivity index (χ0n) is 8.94. The van der Waals surface area contributed by atoms with Gasteiger partial charge in [-0.15, -0.1) is 0 Å². The van der Waals surface area contributed by atoms with E-state index in [4.69, 9.17) is 16.3 Å². The van der Waals surface area contributed by atoms with Crippen molar-refractivity contribution >= 4 is 23.7 Å². The number of hydrazone groups is 1. The number of ether oxygens (including phenoxy) is 1. The van der Waals surface area contributed by atoms with E-state index in [1.807, 2.05) is 6.92 Å². The lowest BCUT2D eigenvalue weighted by atomic mass is 10.3. The Kier molecular flexibility index (Phi) is 5.36. The van der Waals surface area contributed by atoms with Gasteiger partial charge in [0.2, 0.25) is 0 Å². The molecule has 0 saturated carbocycles. The molecule has 1 amide bonds. The van der Waals surface area contributed by atoms with Gasteiger partial charge in [0.1, 0.15) is 5.75 Å². The van der Waals surface area contributed by atoms with E-state index in [0.29, 0.717) is 10.8 Å². The van der Waals surface area contributed by atoms with Crippen molar-refractivity contribution in [3.05, 3.63) is 29.3 Å². The normalized spacial score (nSPS) is 10.4. The highest BCUT2D eigenvalue weighted by atomic mass is 35.5. The van der Waals surface area contributed by atoms with Crippen LogP contribution in [0.5, 0.6) is 5.75 Å². The maximum absolute atomic E-state index is 11.2. The molecule has 0 unspecified atom stereocenters. The Labute approximate surface area is 99.2 Å². The number of rotatable bonds is 5. The molecule has 0 radical (unpaired) electrons. The first-order valence-corrected chi connectivity index (χ1v) is 5.29. The van der Waals surface area contributed by atoms with E-state index in [1.165, 1.54) is 0 Å². The number of halogens is 1. The van der Waals surface area contributed by atoms with Crippen LogP contribution in [0, 0.1) is 0 Å². The van der Waals surface area contributed by atoms with E-state index in [1.54, 1.807) is 30.5 Å². The Morgan fingerprint density at radius 1 is 1.50 bits per heavy atom. The van der Waals surface area contributed by atoms with Gasteiger partial charge in [0.15, 0.2) is 6.61 Å².